The van der Waals surface area contributed by atoms with Crippen molar-refractivity contribution in [2.24, 2.45) is 5.10 Å². The highest BCUT2D eigenvalue weighted by atomic mass is 16.5. The van der Waals surface area contributed by atoms with Crippen molar-refractivity contribution in [2.45, 2.75) is 39.7 Å². The minimum atomic E-state index is -0.288. The van der Waals surface area contributed by atoms with Gasteiger partial charge in [-0.15, -0.1) is 0 Å². The molecule has 2 aromatic rings. The van der Waals surface area contributed by atoms with E-state index in [-0.39, 0.29) is 12.0 Å². The summed E-state index contributed by atoms with van der Waals surface area (Å²) >= 11 is 0. The molecule has 0 saturated heterocycles. The molecule has 0 heterocycles. The summed E-state index contributed by atoms with van der Waals surface area (Å²) in [5.41, 5.74) is 4.97. The fourth-order valence-electron chi connectivity index (χ4n) is 2.48. The Bertz CT molecular complexity index is 755. The number of nitrogens with zero attached hydrogens (tertiary/aromatic N) is 1. The lowest BCUT2D eigenvalue weighted by Gasteiger charge is -2.14. The summed E-state index contributed by atoms with van der Waals surface area (Å²) in [4.78, 5) is 12.5. The molecule has 0 aliphatic rings. The molecule has 2 aromatic carbocycles. The minimum absolute atomic E-state index is 0.0238. The quantitative estimate of drug-likeness (QED) is 0.564. The number of rotatable bonds is 8. The van der Waals surface area contributed by atoms with Crippen LogP contribution in [0.3, 0.4) is 0 Å². The topological polar surface area (TPSA) is 59.9 Å². The van der Waals surface area contributed by atoms with E-state index < -0.39 is 0 Å². The first-order valence-corrected chi connectivity index (χ1v) is 8.82. The van der Waals surface area contributed by atoms with Crippen LogP contribution in [0.15, 0.2) is 53.6 Å². The van der Waals surface area contributed by atoms with Crippen LogP contribution in [-0.2, 0) is 0 Å². The van der Waals surface area contributed by atoms with Crippen LogP contribution in [-0.4, -0.2) is 24.8 Å². The summed E-state index contributed by atoms with van der Waals surface area (Å²) in [5, 5.41) is 4.33. The van der Waals surface area contributed by atoms with Crippen molar-refractivity contribution in [2.75, 3.05) is 7.11 Å². The second-order valence-electron chi connectivity index (χ2n) is 6.15. The molecule has 1 amide bonds. The number of carbonyl (C=O) groups is 1. The predicted octanol–water partition coefficient (Wildman–Crippen LogP) is 4.42. The number of benzene rings is 2. The third-order valence-corrected chi connectivity index (χ3v) is 3.67. The van der Waals surface area contributed by atoms with Gasteiger partial charge >= 0.3 is 0 Å². The second-order valence-corrected chi connectivity index (χ2v) is 6.15. The van der Waals surface area contributed by atoms with Crippen molar-refractivity contribution in [1.29, 1.82) is 0 Å². The molecule has 1 N–H and O–H groups in total. The summed E-state index contributed by atoms with van der Waals surface area (Å²) in [7, 11) is 1.55. The van der Waals surface area contributed by atoms with Gasteiger partial charge in [-0.05, 0) is 44.0 Å². The fourth-order valence-corrected chi connectivity index (χ4v) is 2.48. The van der Waals surface area contributed by atoms with Crippen LogP contribution in [0.25, 0.3) is 0 Å². The zero-order valence-electron chi connectivity index (χ0n) is 15.8. The van der Waals surface area contributed by atoms with Crippen molar-refractivity contribution in [3.63, 3.8) is 0 Å². The Kier molecular flexibility index (Phi) is 7.21. The predicted molar refractivity (Wildman–Crippen MR) is 104 cm³/mol. The van der Waals surface area contributed by atoms with Crippen molar-refractivity contribution in [1.82, 2.24) is 5.43 Å². The smallest absolute Gasteiger partial charge is 0.271 e. The van der Waals surface area contributed by atoms with E-state index in [2.05, 4.69) is 17.5 Å². The molecule has 0 fully saturated rings. The van der Waals surface area contributed by atoms with Gasteiger partial charge in [-0.1, -0.05) is 43.7 Å². The Morgan fingerprint density at radius 1 is 1.08 bits per heavy atom. The van der Waals surface area contributed by atoms with Gasteiger partial charge in [-0.3, -0.25) is 4.79 Å². The highest BCUT2D eigenvalue weighted by molar-refractivity contribution is 6.02. The van der Waals surface area contributed by atoms with Gasteiger partial charge in [0.25, 0.3) is 5.91 Å². The maximum Gasteiger partial charge on any atom is 0.271 e. The Hall–Kier alpha value is -2.82. The summed E-state index contributed by atoms with van der Waals surface area (Å²) in [5.74, 6) is 0.842. The van der Waals surface area contributed by atoms with Crippen molar-refractivity contribution in [3.8, 4) is 11.5 Å². The second kappa shape index (κ2) is 9.61. The first-order chi connectivity index (χ1) is 12.5. The number of hydrazone groups is 1. The third-order valence-electron chi connectivity index (χ3n) is 3.67. The van der Waals surface area contributed by atoms with Gasteiger partial charge < -0.3 is 9.47 Å². The Labute approximate surface area is 155 Å². The van der Waals surface area contributed by atoms with E-state index in [0.717, 1.165) is 24.1 Å². The molecule has 0 aromatic heterocycles. The van der Waals surface area contributed by atoms with Gasteiger partial charge in [0.2, 0.25) is 0 Å². The molecule has 5 nitrogen and oxygen atoms in total. The number of nitrogens with one attached hydrogen (secondary N) is 1. The van der Waals surface area contributed by atoms with E-state index >= 15 is 0 Å². The number of carbonyl (C=O) groups excluding carboxylic acids is 1. The Balaban J connectivity index is 2.17. The molecule has 2 rings (SSSR count). The van der Waals surface area contributed by atoms with Crippen LogP contribution in [0.2, 0.25) is 0 Å². The Morgan fingerprint density at radius 3 is 2.42 bits per heavy atom. The monoisotopic (exact) mass is 354 g/mol. The number of hydrogen-bond donors (Lipinski definition) is 1. The maximum atomic E-state index is 12.5. The highest BCUT2D eigenvalue weighted by Crippen LogP contribution is 2.28. The molecule has 138 valence electrons. The van der Waals surface area contributed by atoms with Gasteiger partial charge in [0.15, 0.2) is 11.5 Å². The van der Waals surface area contributed by atoms with Gasteiger partial charge in [0.05, 0.1) is 18.9 Å². The number of ether oxygens (including phenoxy) is 2. The first-order valence-electron chi connectivity index (χ1n) is 8.82. The summed E-state index contributed by atoms with van der Waals surface area (Å²) < 4.78 is 11.0. The van der Waals surface area contributed by atoms with E-state index in [1.807, 2.05) is 44.2 Å². The fraction of sp³-hybridized carbons (Fsp3) is 0.333. The summed E-state index contributed by atoms with van der Waals surface area (Å²) in [6.07, 6.45) is 1.75. The third kappa shape index (κ3) is 5.34. The number of hydrogen-bond acceptors (Lipinski definition) is 4. The first kappa shape index (κ1) is 19.5. The molecule has 5 heteroatoms. The molecule has 0 radical (unpaired) electrons. The van der Waals surface area contributed by atoms with Gasteiger partial charge in [-0.25, -0.2) is 5.43 Å². The van der Waals surface area contributed by atoms with Crippen LogP contribution < -0.4 is 14.9 Å². The van der Waals surface area contributed by atoms with E-state index in [4.69, 9.17) is 9.47 Å². The van der Waals surface area contributed by atoms with Crippen molar-refractivity contribution in [3.05, 3.63) is 59.7 Å². The normalized spacial score (nSPS) is 11.3. The van der Waals surface area contributed by atoms with Crippen molar-refractivity contribution < 1.29 is 14.3 Å². The SMILES string of the molecule is CCC/C(=N/NC(=O)c1ccc(OC(C)C)c(OC)c1)c1ccccc1. The Morgan fingerprint density at radius 2 is 1.81 bits per heavy atom. The zero-order chi connectivity index (χ0) is 18.9. The van der Waals surface area contributed by atoms with E-state index in [1.54, 1.807) is 25.3 Å². The largest absolute Gasteiger partial charge is 0.493 e. The average molecular weight is 354 g/mol. The van der Waals surface area contributed by atoms with E-state index in [0.29, 0.717) is 17.1 Å². The molecular weight excluding hydrogens is 328 g/mol. The van der Waals surface area contributed by atoms with Crippen LogP contribution in [0.1, 0.15) is 49.5 Å². The lowest BCUT2D eigenvalue weighted by atomic mass is 10.1. The standard InChI is InChI=1S/C21H26N2O3/c1-5-9-18(16-10-7-6-8-11-16)22-23-21(24)17-12-13-19(26-15(2)3)20(14-17)25-4/h6-8,10-15H,5,9H2,1-4H3,(H,23,24)/b22-18-. The molecule has 0 spiro atoms. The summed E-state index contributed by atoms with van der Waals surface area (Å²) in [6.45, 7) is 5.96. The van der Waals surface area contributed by atoms with Crippen LogP contribution in [0.5, 0.6) is 11.5 Å². The molecule has 0 bridgehead atoms. The lowest BCUT2D eigenvalue weighted by Crippen LogP contribution is -2.20. The lowest BCUT2D eigenvalue weighted by molar-refractivity contribution is 0.0954. The van der Waals surface area contributed by atoms with Gasteiger partial charge in [0, 0.05) is 5.56 Å². The average Bonchev–Trinajstić information content (AvgIpc) is 2.65. The summed E-state index contributed by atoms with van der Waals surface area (Å²) in [6, 6.07) is 14.9. The molecular formula is C21H26N2O3. The molecule has 0 unspecified atom stereocenters. The van der Waals surface area contributed by atoms with Crippen LogP contribution >= 0.6 is 0 Å². The van der Waals surface area contributed by atoms with Crippen LogP contribution in [0, 0.1) is 0 Å². The molecule has 0 aliphatic carbocycles. The van der Waals surface area contributed by atoms with Gasteiger partial charge in [-0.2, -0.15) is 5.10 Å². The molecule has 0 saturated carbocycles. The number of amides is 1. The molecule has 0 atom stereocenters. The van der Waals surface area contributed by atoms with E-state index in [1.165, 1.54) is 0 Å². The van der Waals surface area contributed by atoms with E-state index in [9.17, 15) is 4.79 Å². The molecule has 0 aliphatic heterocycles. The van der Waals surface area contributed by atoms with Crippen LogP contribution in [0.4, 0.5) is 0 Å². The minimum Gasteiger partial charge on any atom is -0.493 e. The molecule has 26 heavy (non-hydrogen) atoms. The highest BCUT2D eigenvalue weighted by Gasteiger charge is 2.12. The van der Waals surface area contributed by atoms with Gasteiger partial charge in [0.1, 0.15) is 0 Å². The van der Waals surface area contributed by atoms with Crippen molar-refractivity contribution >= 4 is 11.6 Å². The number of methoxy groups -OCH3 is 1. The maximum absolute atomic E-state index is 12.5. The zero-order valence-corrected chi connectivity index (χ0v) is 15.8.